The molecule has 2 aromatic carbocycles. The van der Waals surface area contributed by atoms with Gasteiger partial charge in [-0.2, -0.15) is 0 Å². The summed E-state index contributed by atoms with van der Waals surface area (Å²) in [6.07, 6.45) is 6.92. The van der Waals surface area contributed by atoms with E-state index in [1.54, 1.807) is 55.0 Å². The van der Waals surface area contributed by atoms with Crippen molar-refractivity contribution in [2.75, 3.05) is 59.8 Å². The van der Waals surface area contributed by atoms with Crippen molar-refractivity contribution in [3.63, 3.8) is 0 Å². The summed E-state index contributed by atoms with van der Waals surface area (Å²) < 4.78 is 25.3. The van der Waals surface area contributed by atoms with Crippen molar-refractivity contribution in [3.8, 4) is 10.8 Å². The Morgan fingerprint density at radius 1 is 0.890 bits per heavy atom. The van der Waals surface area contributed by atoms with Crippen LogP contribution in [0.15, 0.2) is 58.9 Å². The highest BCUT2D eigenvalue weighted by molar-refractivity contribution is 7.15. The Morgan fingerprint density at radius 3 is 2.32 bits per heavy atom. The smallest absolute Gasteiger partial charge is 0.246 e. The molecule has 4 N–H and O–H groups in total. The zero-order valence-corrected chi connectivity index (χ0v) is 44.6. The highest BCUT2D eigenvalue weighted by Gasteiger charge is 2.41. The number of thiophene rings is 1. The number of ketones is 1. The molecule has 1 saturated carbocycles. The number of hydrogen-bond acceptors (Lipinski definition) is 15. The van der Waals surface area contributed by atoms with E-state index in [1.807, 2.05) is 40.7 Å². The number of aryl methyl sites for hydroxylation is 2. The molecule has 5 atom stereocenters. The number of primary amides is 1. The molecule has 1 saturated heterocycles. The van der Waals surface area contributed by atoms with Crippen LogP contribution in [0.3, 0.4) is 0 Å². The second-order valence-electron chi connectivity index (χ2n) is 18.8. The van der Waals surface area contributed by atoms with Gasteiger partial charge >= 0.3 is 0 Å². The van der Waals surface area contributed by atoms with Gasteiger partial charge < -0.3 is 40.2 Å². The fraction of sp³-hybridized carbons (Fsp3) is 0.509. The van der Waals surface area contributed by atoms with Crippen molar-refractivity contribution in [2.24, 2.45) is 22.6 Å². The number of likely N-dealkylation sites (N-methyl/N-ethyl adjacent to an activating group) is 1. The van der Waals surface area contributed by atoms with Gasteiger partial charge in [0, 0.05) is 45.1 Å². The van der Waals surface area contributed by atoms with Gasteiger partial charge in [-0.1, -0.05) is 55.1 Å². The van der Waals surface area contributed by atoms with E-state index in [4.69, 9.17) is 46.3 Å². The second kappa shape index (κ2) is 25.2. The second-order valence-corrected chi connectivity index (χ2v) is 21.4. The van der Waals surface area contributed by atoms with Gasteiger partial charge in [-0.25, -0.2) is 4.98 Å². The third-order valence-electron chi connectivity index (χ3n) is 14.1. The first kappa shape index (κ1) is 53.9. The maximum Gasteiger partial charge on any atom is 0.246 e. The summed E-state index contributed by atoms with van der Waals surface area (Å²) in [7, 11) is 1.73. The number of nitrogens with one attached hydrogen (secondary N) is 2. The fourth-order valence-corrected chi connectivity index (χ4v) is 12.1. The lowest BCUT2D eigenvalue weighted by molar-refractivity contribution is -0.139. The average Bonchev–Trinajstić information content (AvgIpc) is 4.21. The monoisotopic (exact) mass is 1060 g/mol. The number of halogens is 1. The van der Waals surface area contributed by atoms with Crippen LogP contribution in [-0.2, 0) is 28.6 Å². The molecule has 0 unspecified atom stereocenters. The summed E-state index contributed by atoms with van der Waals surface area (Å²) >= 11 is 9.29. The number of nitrogens with two attached hydrogens (primary N) is 1. The normalized spacial score (nSPS) is 18.1. The Balaban J connectivity index is 0.762. The van der Waals surface area contributed by atoms with E-state index in [-0.39, 0.29) is 42.8 Å². The molecule has 3 aromatic heterocycles. The first-order valence-corrected chi connectivity index (χ1v) is 27.3. The van der Waals surface area contributed by atoms with Crippen LogP contribution in [0.2, 0.25) is 5.02 Å². The molecule has 73 heavy (non-hydrogen) atoms. The largest absolute Gasteiger partial charge is 0.491 e. The van der Waals surface area contributed by atoms with Crippen molar-refractivity contribution < 1.29 is 38.1 Å². The number of amides is 3. The van der Waals surface area contributed by atoms with Crippen LogP contribution in [0.25, 0.3) is 5.00 Å². The van der Waals surface area contributed by atoms with E-state index in [0.29, 0.717) is 79.7 Å². The van der Waals surface area contributed by atoms with Gasteiger partial charge in [-0.05, 0) is 103 Å². The molecule has 20 heteroatoms. The average molecular weight is 1060 g/mol. The van der Waals surface area contributed by atoms with Gasteiger partial charge in [-0.3, -0.25) is 28.7 Å². The Bertz CT molecular complexity index is 2750. The lowest BCUT2D eigenvalue weighted by Crippen LogP contribution is -2.55. The van der Waals surface area contributed by atoms with Crippen molar-refractivity contribution in [1.82, 2.24) is 35.3 Å². The molecule has 5 aromatic rings. The van der Waals surface area contributed by atoms with Gasteiger partial charge in [0.1, 0.15) is 46.0 Å². The summed E-state index contributed by atoms with van der Waals surface area (Å²) in [4.78, 5) is 67.1. The summed E-state index contributed by atoms with van der Waals surface area (Å²) in [6.45, 7) is 10.6. The van der Waals surface area contributed by atoms with E-state index in [0.717, 1.165) is 82.2 Å². The molecule has 17 nitrogen and oxygen atoms in total. The Hall–Kier alpha value is -5.41. The van der Waals surface area contributed by atoms with Crippen LogP contribution < -0.4 is 21.1 Å². The number of nitrogens with zero attached hydrogens (tertiary/aromatic N) is 6. The van der Waals surface area contributed by atoms with Crippen LogP contribution in [0.5, 0.6) is 5.75 Å². The van der Waals surface area contributed by atoms with Gasteiger partial charge in [0.25, 0.3) is 0 Å². The summed E-state index contributed by atoms with van der Waals surface area (Å²) in [5.74, 6) is 0.149. The van der Waals surface area contributed by atoms with Crippen molar-refractivity contribution in [2.45, 2.75) is 103 Å². The third-order valence-corrected chi connectivity index (χ3v) is 16.4. The Labute approximate surface area is 439 Å². The quantitative estimate of drug-likeness (QED) is 0.0406. The molecule has 0 bridgehead atoms. The van der Waals surface area contributed by atoms with Crippen LogP contribution in [0.1, 0.15) is 125 Å². The molecule has 0 radical (unpaired) electrons. The van der Waals surface area contributed by atoms with Gasteiger partial charge in [0.05, 0.1) is 56.7 Å². The zero-order chi connectivity index (χ0) is 51.6. The van der Waals surface area contributed by atoms with Gasteiger partial charge in [0.15, 0.2) is 5.82 Å². The molecule has 1 aliphatic carbocycles. The van der Waals surface area contributed by atoms with E-state index in [9.17, 15) is 19.2 Å². The molecule has 390 valence electrons. The predicted octanol–water partition coefficient (Wildman–Crippen LogP) is 7.44. The number of hydrogen-bond donors (Lipinski definition) is 3. The summed E-state index contributed by atoms with van der Waals surface area (Å²) in [5, 5.41) is 19.0. The van der Waals surface area contributed by atoms with Crippen molar-refractivity contribution in [3.05, 3.63) is 108 Å². The van der Waals surface area contributed by atoms with E-state index in [2.05, 4.69) is 34.7 Å². The Kier molecular flexibility index (Phi) is 18.6. The molecular weight excluding hydrogens is 990 g/mol. The number of fused-ring (bicyclic) bond motifs is 3. The van der Waals surface area contributed by atoms with Crippen molar-refractivity contribution in [1.29, 1.82) is 0 Å². The molecule has 3 aliphatic rings. The number of carbonyl (C=O) groups is 4. The first-order chi connectivity index (χ1) is 35.3. The Morgan fingerprint density at radius 2 is 1.60 bits per heavy atom. The molecule has 8 rings (SSSR count). The minimum atomic E-state index is -0.723. The number of thiazole rings is 1. The lowest BCUT2D eigenvalue weighted by Gasteiger charge is -2.35. The van der Waals surface area contributed by atoms with Crippen LogP contribution in [-0.4, -0.2) is 126 Å². The predicted molar refractivity (Wildman–Crippen MR) is 281 cm³/mol. The molecule has 3 amide bonds. The number of ether oxygens (including phenoxy) is 4. The SMILES string of the molecule is CN[C@@H](C)C(=O)N[C@H](C(=O)N1CCC[C@H]1c1nc(C(=O)c2cccc(OCCOCCOCCOCC[C@H](C(N)=O)[C@@H]3N=C(c4ccc(Cl)cc4)c4c(sc(C)c4C)-n4c(C)nnc43)c2)cs1)C1CCCCC1. The maximum atomic E-state index is 14.2. The standard InChI is InChI=1S/C53H66ClN9O8S2/c1-31-33(3)73-53-43(31)44(36-16-18-38(54)19-17-36)58-46(49-61-60-34(4)63(49)53)40(48(55)65)20-22-68-23-24-69-25-26-70-27-28-71-39-14-9-13-37(29-39)47(64)41-30-72-51(57-41)42-15-10-21-62(42)52(67)45(35-11-7-6-8-12-35)59-50(66)32(2)56-5/h9,13-14,16-19,29-30,32,35,40,42,45-46,56H,6-8,10-12,15,20-28H2,1-5H3,(H2,55,65)(H,59,66)/t32-,40-,42-,45-,46-/m0/s1. The van der Waals surface area contributed by atoms with Gasteiger partial charge in [0.2, 0.25) is 23.5 Å². The van der Waals surface area contributed by atoms with E-state index >= 15 is 0 Å². The fourth-order valence-electron chi connectivity index (χ4n) is 9.79. The highest BCUT2D eigenvalue weighted by Crippen LogP contribution is 2.42. The number of aliphatic imine (C=N–C) groups is 1. The molecule has 2 aliphatic heterocycles. The molecule has 0 spiro atoms. The first-order valence-electron chi connectivity index (χ1n) is 25.2. The summed E-state index contributed by atoms with van der Waals surface area (Å²) in [6, 6.07) is 12.5. The maximum absolute atomic E-state index is 14.2. The minimum absolute atomic E-state index is 0.0664. The number of benzene rings is 2. The summed E-state index contributed by atoms with van der Waals surface area (Å²) in [5.41, 5.74) is 10.5. The lowest BCUT2D eigenvalue weighted by atomic mass is 9.83. The van der Waals surface area contributed by atoms with Crippen LogP contribution in [0.4, 0.5) is 0 Å². The van der Waals surface area contributed by atoms with E-state index in [1.165, 1.54) is 11.3 Å². The van der Waals surface area contributed by atoms with Crippen LogP contribution in [0, 0.1) is 32.6 Å². The number of carbonyl (C=O) groups excluding carboxylic acids is 4. The van der Waals surface area contributed by atoms with Gasteiger partial charge in [-0.15, -0.1) is 32.9 Å². The van der Waals surface area contributed by atoms with Crippen molar-refractivity contribution >= 4 is 63.5 Å². The van der Waals surface area contributed by atoms with Crippen LogP contribution >= 0.6 is 34.3 Å². The molecular formula is C53H66ClN9O8S2. The number of rotatable bonds is 24. The zero-order valence-electron chi connectivity index (χ0n) is 42.2. The molecule has 2 fully saturated rings. The topological polar surface area (TPSA) is 214 Å². The number of aromatic nitrogens is 4. The molecule has 5 heterocycles. The minimum Gasteiger partial charge on any atom is -0.491 e. The highest BCUT2D eigenvalue weighted by atomic mass is 35.5. The third kappa shape index (κ3) is 12.8. The van der Waals surface area contributed by atoms with E-state index < -0.39 is 30.0 Å². The number of likely N-dealkylation sites (tertiary alicyclic amines) is 1.